The van der Waals surface area contributed by atoms with Crippen LogP contribution in [0.15, 0.2) is 73.3 Å². The second kappa shape index (κ2) is 22.2. The minimum atomic E-state index is -0.352. The quantitative estimate of drug-likeness (QED) is 0.0899. The van der Waals surface area contributed by atoms with E-state index in [1.807, 2.05) is 134 Å². The molecule has 69 heavy (non-hydrogen) atoms. The number of nitrogens with two attached hydrogens (primary N) is 1. The van der Waals surface area contributed by atoms with E-state index in [4.69, 9.17) is 15.2 Å². The summed E-state index contributed by atoms with van der Waals surface area (Å²) in [6.45, 7) is 18.5. The number of hydrogen-bond acceptors (Lipinski definition) is 8. The van der Waals surface area contributed by atoms with Crippen molar-refractivity contribution in [1.82, 2.24) is 23.6 Å². The Kier molecular flexibility index (Phi) is 17.6. The number of rotatable bonds is 13. The monoisotopic (exact) mass is 989 g/mol. The number of nitrogens with zero attached hydrogens (tertiary/aromatic N) is 6. The molecule has 0 saturated heterocycles. The molecule has 2 aliphatic rings. The molecule has 0 saturated carbocycles. The number of carbonyl (C=O) groups is 4. The van der Waals surface area contributed by atoms with Crippen LogP contribution in [-0.2, 0) is 72.6 Å². The number of nitrogens with one attached hydrogen (secondary N) is 1. The molecule has 8 rings (SSSR count). The number of ketones is 2. The number of aryl methyl sites for hydroxylation is 2. The average Bonchev–Trinajstić information content (AvgIpc) is 4.00. The lowest BCUT2D eigenvalue weighted by Crippen LogP contribution is -2.42. The van der Waals surface area contributed by atoms with Crippen molar-refractivity contribution in [2.45, 2.75) is 108 Å². The van der Waals surface area contributed by atoms with Gasteiger partial charge in [-0.3, -0.25) is 19.2 Å². The minimum Gasteiger partial charge on any atom is -0.424 e. The zero-order valence-electron chi connectivity index (χ0n) is 42.3. The predicted molar refractivity (Wildman–Crippen MR) is 272 cm³/mol. The number of halogens is 2. The van der Waals surface area contributed by atoms with Gasteiger partial charge in [0.2, 0.25) is 13.5 Å². The van der Waals surface area contributed by atoms with E-state index in [-0.39, 0.29) is 103 Å². The van der Waals surface area contributed by atoms with Crippen LogP contribution in [0.5, 0.6) is 0 Å². The fraction of sp³-hybridized carbons (Fsp3) is 0.509. The summed E-state index contributed by atoms with van der Waals surface area (Å²) in [5.74, 6) is 1.15. The van der Waals surface area contributed by atoms with E-state index in [2.05, 4.69) is 48.8 Å². The Morgan fingerprint density at radius 3 is 1.46 bits per heavy atom. The van der Waals surface area contributed by atoms with Crippen molar-refractivity contribution in [2.75, 3.05) is 20.1 Å². The molecule has 4 unspecified atom stereocenters. The maximum absolute atomic E-state index is 13.5. The van der Waals surface area contributed by atoms with E-state index in [0.717, 1.165) is 81.7 Å². The molecule has 2 aromatic carbocycles. The number of benzene rings is 2. The molecule has 0 amide bonds. The van der Waals surface area contributed by atoms with Gasteiger partial charge < -0.3 is 29.7 Å². The maximum Gasteiger partial charge on any atom is 0.313 e. The Morgan fingerprint density at radius 2 is 1.09 bits per heavy atom. The molecular weight excluding hydrogens is 916 g/mol. The van der Waals surface area contributed by atoms with E-state index in [1.54, 1.807) is 0 Å². The number of fused-ring (bicyclic) bond motifs is 6. The van der Waals surface area contributed by atoms with Crippen LogP contribution >= 0.6 is 24.8 Å². The van der Waals surface area contributed by atoms with Gasteiger partial charge >= 0.3 is 11.9 Å². The number of aromatic nitrogens is 6. The molecular formula is C53H74Cl2N8O6+2. The summed E-state index contributed by atoms with van der Waals surface area (Å²) in [5.41, 5.74) is 11.6. The highest BCUT2D eigenvalue weighted by Gasteiger charge is 2.37. The third kappa shape index (κ3) is 11.2. The molecule has 6 aromatic rings. The molecule has 4 heterocycles. The van der Waals surface area contributed by atoms with Crippen LogP contribution in [0.1, 0.15) is 98.1 Å². The largest absolute Gasteiger partial charge is 0.424 e. The molecule has 0 spiro atoms. The van der Waals surface area contributed by atoms with E-state index in [1.165, 1.54) is 0 Å². The van der Waals surface area contributed by atoms with Crippen molar-refractivity contribution in [3.63, 3.8) is 0 Å². The SMILES string of the molecule is CNCC(C(=O)OC[n+]1ccn(CC2CCc3c(c4ccccc4n3C)C2=O)c1C)C(C)(C)C.Cc1n(CC2CCc3c(c4ccccc4n3C)C2=O)cc[n+]1COC(=O)C(CN)C(C)(C)C.Cl.Cl. The maximum atomic E-state index is 13.5. The summed E-state index contributed by atoms with van der Waals surface area (Å²) in [4.78, 5) is 52.2. The molecule has 4 aromatic heterocycles. The van der Waals surface area contributed by atoms with Crippen LogP contribution < -0.4 is 20.2 Å². The fourth-order valence-electron chi connectivity index (χ4n) is 10.1. The highest BCUT2D eigenvalue weighted by atomic mass is 35.5. The molecule has 16 heteroatoms. The number of carbonyl (C=O) groups excluding carboxylic acids is 4. The molecule has 0 fully saturated rings. The average molecular weight is 990 g/mol. The summed E-state index contributed by atoms with van der Waals surface area (Å²) in [6, 6.07) is 16.3. The van der Waals surface area contributed by atoms with Gasteiger partial charge in [-0.1, -0.05) is 77.9 Å². The number of esters is 2. The standard InChI is InChI=1S/C27H37N4O3.C26H35N4O3.2ClH/c1-18-30(13-14-31(18)17-34-26(33)21(15-28-5)27(2,3)4)16-19-11-12-23-24(25(19)32)20-9-7-8-10-22(20)29(23)6;1-17-29(12-13-30(17)16-33-25(32)20(14-27)26(2,3)4)15-18-10-11-22-23(24(18)31)19-8-6-7-9-21(19)28(22)5;;/h7-10,13-14,19,21,28H,11-12,15-17H2,1-6H3;6-9,12-13,18,20H,10-11,14-16,27H2,1-5H3;2*1H/q2*+1;;. The van der Waals surface area contributed by atoms with Gasteiger partial charge in [-0.2, -0.15) is 9.13 Å². The van der Waals surface area contributed by atoms with Crippen LogP contribution in [0.4, 0.5) is 0 Å². The molecule has 3 N–H and O–H groups in total. The van der Waals surface area contributed by atoms with Crippen molar-refractivity contribution in [2.24, 2.45) is 54.3 Å². The summed E-state index contributed by atoms with van der Waals surface area (Å²) < 4.78 is 23.6. The van der Waals surface area contributed by atoms with E-state index >= 15 is 0 Å². The molecule has 2 aliphatic carbocycles. The van der Waals surface area contributed by atoms with Gasteiger partial charge in [0, 0.05) is 85.4 Å². The van der Waals surface area contributed by atoms with Gasteiger partial charge in [0.15, 0.2) is 11.6 Å². The Morgan fingerprint density at radius 1 is 0.696 bits per heavy atom. The van der Waals surface area contributed by atoms with Crippen LogP contribution in [-0.4, -0.2) is 61.9 Å². The Balaban J connectivity index is 0.000000250. The summed E-state index contributed by atoms with van der Waals surface area (Å²) in [5, 5.41) is 5.19. The molecule has 0 bridgehead atoms. The second-order valence-corrected chi connectivity index (χ2v) is 20.7. The summed E-state index contributed by atoms with van der Waals surface area (Å²) in [7, 11) is 5.94. The molecule has 4 atom stereocenters. The van der Waals surface area contributed by atoms with Crippen molar-refractivity contribution in [3.05, 3.63) is 107 Å². The first-order valence-electron chi connectivity index (χ1n) is 23.8. The highest BCUT2D eigenvalue weighted by Crippen LogP contribution is 2.36. The van der Waals surface area contributed by atoms with Crippen molar-refractivity contribution < 1.29 is 37.8 Å². The van der Waals surface area contributed by atoms with Gasteiger partial charge in [0.1, 0.15) is 37.9 Å². The van der Waals surface area contributed by atoms with E-state index < -0.39 is 0 Å². The van der Waals surface area contributed by atoms with Crippen LogP contribution in [0.2, 0.25) is 0 Å². The van der Waals surface area contributed by atoms with Gasteiger partial charge in [0.05, 0.1) is 23.7 Å². The summed E-state index contributed by atoms with van der Waals surface area (Å²) >= 11 is 0. The van der Waals surface area contributed by atoms with Crippen molar-refractivity contribution >= 4 is 70.1 Å². The molecule has 14 nitrogen and oxygen atoms in total. The number of para-hydroxylation sites is 2. The normalized spacial score (nSPS) is 16.7. The molecule has 0 radical (unpaired) electrons. The highest BCUT2D eigenvalue weighted by molar-refractivity contribution is 6.12. The smallest absolute Gasteiger partial charge is 0.313 e. The van der Waals surface area contributed by atoms with Crippen LogP contribution in [0.25, 0.3) is 21.8 Å². The third-order valence-electron chi connectivity index (χ3n) is 14.5. The van der Waals surface area contributed by atoms with E-state index in [0.29, 0.717) is 19.6 Å². The predicted octanol–water partition coefficient (Wildman–Crippen LogP) is 7.39. The Hall–Kier alpha value is -5.28. The molecule has 374 valence electrons. The van der Waals surface area contributed by atoms with Gasteiger partial charge in [-0.15, -0.1) is 24.8 Å². The van der Waals surface area contributed by atoms with Gasteiger partial charge in [0.25, 0.3) is 11.6 Å². The first kappa shape index (κ1) is 54.7. The number of Topliss-reactive ketones (excluding diaryl/α,β-unsaturated/α-hetero) is 2. The lowest BCUT2D eigenvalue weighted by Gasteiger charge is -2.28. The third-order valence-corrected chi connectivity index (χ3v) is 14.5. The fourth-order valence-corrected chi connectivity index (χ4v) is 10.1. The zero-order valence-corrected chi connectivity index (χ0v) is 44.0. The topological polar surface area (TPSA) is 152 Å². The van der Waals surface area contributed by atoms with Crippen molar-refractivity contribution in [1.29, 1.82) is 0 Å². The first-order chi connectivity index (χ1) is 31.8. The minimum absolute atomic E-state index is 0. The Labute approximate surface area is 419 Å². The second-order valence-electron chi connectivity index (χ2n) is 20.7. The molecule has 0 aliphatic heterocycles. The first-order valence-corrected chi connectivity index (χ1v) is 23.8. The number of imidazole rings is 2. The number of hydrogen-bond donors (Lipinski definition) is 2. The lowest BCUT2D eigenvalue weighted by atomic mass is 9.81. The zero-order chi connectivity index (χ0) is 48.5. The van der Waals surface area contributed by atoms with Crippen molar-refractivity contribution in [3.8, 4) is 0 Å². The number of ether oxygens (including phenoxy) is 2. The summed E-state index contributed by atoms with van der Waals surface area (Å²) in [6.07, 6.45) is 11.2. The lowest BCUT2D eigenvalue weighted by molar-refractivity contribution is -0.733. The van der Waals surface area contributed by atoms with Crippen LogP contribution in [0.3, 0.4) is 0 Å². The van der Waals surface area contributed by atoms with Crippen LogP contribution in [0, 0.1) is 48.3 Å². The van der Waals surface area contributed by atoms with Gasteiger partial charge in [-0.05, 0) is 55.7 Å². The Bertz CT molecular complexity index is 2800. The van der Waals surface area contributed by atoms with E-state index in [9.17, 15) is 19.2 Å². The van der Waals surface area contributed by atoms with Gasteiger partial charge in [-0.25, -0.2) is 9.13 Å².